The highest BCUT2D eigenvalue weighted by Crippen LogP contribution is 2.08. The first-order valence-corrected chi connectivity index (χ1v) is 6.50. The molecule has 0 saturated carbocycles. The van der Waals surface area contributed by atoms with E-state index in [9.17, 15) is 14.4 Å². The summed E-state index contributed by atoms with van der Waals surface area (Å²) in [7, 11) is 0. The van der Waals surface area contributed by atoms with Crippen LogP contribution in [-0.4, -0.2) is 29.3 Å². The van der Waals surface area contributed by atoms with Crippen LogP contribution in [0.1, 0.15) is 58.8 Å². The molecule has 0 spiro atoms. The van der Waals surface area contributed by atoms with Crippen molar-refractivity contribution in [2.75, 3.05) is 0 Å². The molecule has 0 bridgehead atoms. The lowest BCUT2D eigenvalue weighted by molar-refractivity contribution is -0.182. The maximum Gasteiger partial charge on any atom is 0.308 e. The van der Waals surface area contributed by atoms with Gasteiger partial charge in [0, 0.05) is 26.7 Å². The Labute approximate surface area is 113 Å². The van der Waals surface area contributed by atoms with Crippen LogP contribution in [0.3, 0.4) is 0 Å². The van der Waals surface area contributed by atoms with Gasteiger partial charge in [-0.05, 0) is 12.8 Å². The fourth-order valence-corrected chi connectivity index (χ4v) is 1.58. The molecule has 0 aromatic heterocycles. The summed E-state index contributed by atoms with van der Waals surface area (Å²) >= 11 is 0. The Morgan fingerprint density at radius 2 is 1.47 bits per heavy atom. The number of unbranched alkanes of at least 4 members (excludes halogenated alkanes) is 4. The van der Waals surface area contributed by atoms with Crippen molar-refractivity contribution in [1.82, 2.24) is 0 Å². The van der Waals surface area contributed by atoms with E-state index in [0.29, 0.717) is 12.8 Å². The van der Waals surface area contributed by atoms with Gasteiger partial charge in [-0.15, -0.1) is 0 Å². The van der Waals surface area contributed by atoms with Crippen LogP contribution in [0.25, 0.3) is 0 Å². The van der Waals surface area contributed by atoms with Gasteiger partial charge in [0.1, 0.15) is 0 Å². The average molecular weight is 274 g/mol. The number of carbonyl (C=O) groups is 3. The Hall–Kier alpha value is -1.59. The van der Waals surface area contributed by atoms with E-state index in [0.717, 1.165) is 19.3 Å². The van der Waals surface area contributed by atoms with Crippen LogP contribution in [-0.2, 0) is 23.9 Å². The predicted octanol–water partition coefficient (Wildman–Crippen LogP) is 2.25. The first-order chi connectivity index (χ1) is 8.91. The maximum atomic E-state index is 11.3. The SMILES string of the molecule is CC(=O)OC(C)OC(=O)CCCCCCCC(=O)O. The van der Waals surface area contributed by atoms with Crippen molar-refractivity contribution < 1.29 is 29.0 Å². The van der Waals surface area contributed by atoms with E-state index in [1.165, 1.54) is 13.8 Å². The minimum absolute atomic E-state index is 0.196. The van der Waals surface area contributed by atoms with Gasteiger partial charge < -0.3 is 14.6 Å². The molecule has 1 unspecified atom stereocenters. The summed E-state index contributed by atoms with van der Waals surface area (Å²) in [6.07, 6.45) is 3.61. The average Bonchev–Trinajstić information content (AvgIpc) is 2.25. The number of ether oxygens (including phenoxy) is 2. The van der Waals surface area contributed by atoms with Gasteiger partial charge in [0.15, 0.2) is 0 Å². The number of hydrogen-bond donors (Lipinski definition) is 1. The molecule has 0 aromatic rings. The van der Waals surface area contributed by atoms with Gasteiger partial charge >= 0.3 is 17.9 Å². The lowest BCUT2D eigenvalue weighted by Gasteiger charge is -2.12. The fourth-order valence-electron chi connectivity index (χ4n) is 1.58. The van der Waals surface area contributed by atoms with E-state index in [-0.39, 0.29) is 18.8 Å². The zero-order valence-corrected chi connectivity index (χ0v) is 11.5. The van der Waals surface area contributed by atoms with Gasteiger partial charge in [0.2, 0.25) is 6.29 Å². The molecule has 0 aliphatic heterocycles. The number of rotatable bonds is 10. The third-order valence-electron chi connectivity index (χ3n) is 2.40. The number of carbonyl (C=O) groups excluding carboxylic acids is 2. The number of esters is 2. The Kier molecular flexibility index (Phi) is 9.48. The molecule has 0 heterocycles. The molecular weight excluding hydrogens is 252 g/mol. The summed E-state index contributed by atoms with van der Waals surface area (Å²) in [6.45, 7) is 2.74. The molecule has 0 fully saturated rings. The van der Waals surface area contributed by atoms with Crippen LogP contribution in [0.15, 0.2) is 0 Å². The fraction of sp³-hybridized carbons (Fsp3) is 0.769. The van der Waals surface area contributed by atoms with Crippen LogP contribution in [0.5, 0.6) is 0 Å². The highest BCUT2D eigenvalue weighted by molar-refractivity contribution is 5.70. The van der Waals surface area contributed by atoms with Gasteiger partial charge in [-0.25, -0.2) is 0 Å². The molecule has 1 N–H and O–H groups in total. The molecule has 19 heavy (non-hydrogen) atoms. The first-order valence-electron chi connectivity index (χ1n) is 6.50. The molecule has 1 atom stereocenters. The molecule has 110 valence electrons. The van der Waals surface area contributed by atoms with E-state index in [2.05, 4.69) is 4.74 Å². The summed E-state index contributed by atoms with van der Waals surface area (Å²) in [4.78, 5) is 32.2. The van der Waals surface area contributed by atoms with Crippen LogP contribution >= 0.6 is 0 Å². The summed E-state index contributed by atoms with van der Waals surface area (Å²) in [6, 6.07) is 0. The van der Waals surface area contributed by atoms with E-state index in [1.54, 1.807) is 0 Å². The van der Waals surface area contributed by atoms with Gasteiger partial charge in [0.25, 0.3) is 0 Å². The molecule has 0 radical (unpaired) electrons. The van der Waals surface area contributed by atoms with Crippen molar-refractivity contribution in [2.45, 2.75) is 65.1 Å². The molecule has 0 aromatic carbocycles. The highest BCUT2D eigenvalue weighted by Gasteiger charge is 2.11. The van der Waals surface area contributed by atoms with Gasteiger partial charge in [-0.1, -0.05) is 19.3 Å². The standard InChI is InChI=1S/C13H22O6/c1-10(14)18-11(2)19-13(17)9-7-5-3-4-6-8-12(15)16/h11H,3-9H2,1-2H3,(H,15,16). The molecule has 0 aliphatic carbocycles. The largest absolute Gasteiger partial charge is 0.481 e. The van der Waals surface area contributed by atoms with Crippen molar-refractivity contribution in [3.63, 3.8) is 0 Å². The first kappa shape index (κ1) is 17.4. The second kappa shape index (κ2) is 10.3. The summed E-state index contributed by atoms with van der Waals surface area (Å²) < 4.78 is 9.53. The zero-order valence-electron chi connectivity index (χ0n) is 11.5. The Balaban J connectivity index is 3.43. The Morgan fingerprint density at radius 3 is 2.00 bits per heavy atom. The third kappa shape index (κ3) is 12.7. The molecule has 0 saturated heterocycles. The molecule has 6 heteroatoms. The van der Waals surface area contributed by atoms with E-state index < -0.39 is 18.2 Å². The maximum absolute atomic E-state index is 11.3. The molecular formula is C13H22O6. The topological polar surface area (TPSA) is 89.9 Å². The van der Waals surface area contributed by atoms with Crippen LogP contribution in [0.4, 0.5) is 0 Å². The Bertz CT molecular complexity index is 300. The van der Waals surface area contributed by atoms with E-state index >= 15 is 0 Å². The van der Waals surface area contributed by atoms with Crippen molar-refractivity contribution in [2.24, 2.45) is 0 Å². The zero-order chi connectivity index (χ0) is 14.7. The van der Waals surface area contributed by atoms with Gasteiger partial charge in [-0.3, -0.25) is 14.4 Å². The van der Waals surface area contributed by atoms with Crippen LogP contribution in [0, 0.1) is 0 Å². The van der Waals surface area contributed by atoms with Crippen molar-refractivity contribution in [3.05, 3.63) is 0 Å². The molecule has 6 nitrogen and oxygen atoms in total. The normalized spacial score (nSPS) is 11.7. The highest BCUT2D eigenvalue weighted by atomic mass is 16.7. The monoisotopic (exact) mass is 274 g/mol. The van der Waals surface area contributed by atoms with Crippen molar-refractivity contribution in [3.8, 4) is 0 Å². The summed E-state index contributed by atoms with van der Waals surface area (Å²) in [5.74, 6) is -1.65. The smallest absolute Gasteiger partial charge is 0.308 e. The molecule has 0 rings (SSSR count). The lowest BCUT2D eigenvalue weighted by Crippen LogP contribution is -2.20. The predicted molar refractivity (Wildman–Crippen MR) is 67.3 cm³/mol. The number of carboxylic acids is 1. The summed E-state index contributed by atoms with van der Waals surface area (Å²) in [5.41, 5.74) is 0. The summed E-state index contributed by atoms with van der Waals surface area (Å²) in [5, 5.41) is 8.44. The van der Waals surface area contributed by atoms with E-state index in [4.69, 9.17) is 9.84 Å². The minimum Gasteiger partial charge on any atom is -0.481 e. The molecule has 0 aliphatic rings. The second-order valence-corrected chi connectivity index (χ2v) is 4.33. The quantitative estimate of drug-likeness (QED) is 0.373. The van der Waals surface area contributed by atoms with Crippen LogP contribution < -0.4 is 0 Å². The van der Waals surface area contributed by atoms with Crippen LogP contribution in [0.2, 0.25) is 0 Å². The number of carboxylic acid groups (broad SMARTS) is 1. The van der Waals surface area contributed by atoms with Crippen molar-refractivity contribution in [1.29, 1.82) is 0 Å². The van der Waals surface area contributed by atoms with Gasteiger partial charge in [0.05, 0.1) is 0 Å². The third-order valence-corrected chi connectivity index (χ3v) is 2.40. The van der Waals surface area contributed by atoms with Gasteiger partial charge in [-0.2, -0.15) is 0 Å². The number of aliphatic carboxylic acids is 1. The number of hydrogen-bond acceptors (Lipinski definition) is 5. The minimum atomic E-state index is -0.847. The van der Waals surface area contributed by atoms with Crippen molar-refractivity contribution >= 4 is 17.9 Å². The second-order valence-electron chi connectivity index (χ2n) is 4.33. The lowest BCUT2D eigenvalue weighted by atomic mass is 10.1. The van der Waals surface area contributed by atoms with E-state index in [1.807, 2.05) is 0 Å². The Morgan fingerprint density at radius 1 is 0.947 bits per heavy atom. The molecule has 0 amide bonds.